The van der Waals surface area contributed by atoms with Gasteiger partial charge in [-0.15, -0.1) is 11.3 Å². The Morgan fingerprint density at radius 2 is 2.29 bits per heavy atom. The van der Waals surface area contributed by atoms with Gasteiger partial charge in [-0.2, -0.15) is 0 Å². The Bertz CT molecular complexity index is 640. The number of hydrogen-bond acceptors (Lipinski definition) is 6. The molecule has 0 fully saturated rings. The molecule has 3 N–H and O–H groups in total. The van der Waals surface area contributed by atoms with Crippen molar-refractivity contribution in [2.45, 2.75) is 26.8 Å². The summed E-state index contributed by atoms with van der Waals surface area (Å²) in [7, 11) is 0. The first-order chi connectivity index (χ1) is 10.0. The molecule has 6 heteroatoms. The van der Waals surface area contributed by atoms with E-state index in [1.54, 1.807) is 30.4 Å². The van der Waals surface area contributed by atoms with E-state index in [1.165, 1.54) is 4.88 Å². The Morgan fingerprint density at radius 1 is 1.52 bits per heavy atom. The van der Waals surface area contributed by atoms with Crippen LogP contribution < -0.4 is 11.1 Å². The van der Waals surface area contributed by atoms with Gasteiger partial charge >= 0.3 is 5.97 Å². The second kappa shape index (κ2) is 6.58. The van der Waals surface area contributed by atoms with Crippen molar-refractivity contribution in [2.24, 2.45) is 0 Å². The molecule has 21 heavy (non-hydrogen) atoms. The van der Waals surface area contributed by atoms with Gasteiger partial charge in [0, 0.05) is 22.4 Å². The van der Waals surface area contributed by atoms with Crippen molar-refractivity contribution in [1.82, 2.24) is 4.98 Å². The molecule has 0 aliphatic rings. The van der Waals surface area contributed by atoms with Crippen LogP contribution in [-0.4, -0.2) is 17.6 Å². The summed E-state index contributed by atoms with van der Waals surface area (Å²) in [5.41, 5.74) is 7.43. The zero-order valence-corrected chi connectivity index (χ0v) is 13.2. The van der Waals surface area contributed by atoms with E-state index in [0.29, 0.717) is 17.9 Å². The average Bonchev–Trinajstić information content (AvgIpc) is 2.88. The van der Waals surface area contributed by atoms with Crippen LogP contribution in [0.5, 0.6) is 0 Å². The molecule has 0 saturated carbocycles. The largest absolute Gasteiger partial charge is 0.462 e. The van der Waals surface area contributed by atoms with Crippen LogP contribution in [0.1, 0.15) is 40.1 Å². The lowest BCUT2D eigenvalue weighted by Gasteiger charge is -2.14. The molecule has 0 saturated heterocycles. The lowest BCUT2D eigenvalue weighted by Crippen LogP contribution is -2.10. The van der Waals surface area contributed by atoms with E-state index in [-0.39, 0.29) is 6.04 Å². The minimum atomic E-state index is -0.406. The number of aromatic nitrogens is 1. The maximum absolute atomic E-state index is 11.8. The molecule has 0 radical (unpaired) electrons. The highest BCUT2D eigenvalue weighted by Crippen LogP contribution is 2.25. The van der Waals surface area contributed by atoms with Gasteiger partial charge < -0.3 is 15.8 Å². The molecule has 0 aliphatic heterocycles. The van der Waals surface area contributed by atoms with Crippen molar-refractivity contribution in [2.75, 3.05) is 17.7 Å². The summed E-state index contributed by atoms with van der Waals surface area (Å²) >= 11 is 1.65. The SMILES string of the molecule is CCOC(=O)c1cc(NC(C)c2ncc(C)s2)ccc1N. The number of hydrogen-bond donors (Lipinski definition) is 2. The minimum absolute atomic E-state index is 0.0578. The van der Waals surface area contributed by atoms with Gasteiger partial charge in [-0.3, -0.25) is 0 Å². The standard InChI is InChI=1S/C15H19N3O2S/c1-4-20-15(19)12-7-11(5-6-13(12)16)18-10(3)14-17-8-9(2)21-14/h5-8,10,18H,4,16H2,1-3H3. The second-order valence-electron chi connectivity index (χ2n) is 4.70. The third-order valence-corrected chi connectivity index (χ3v) is 4.04. The summed E-state index contributed by atoms with van der Waals surface area (Å²) < 4.78 is 5.00. The van der Waals surface area contributed by atoms with Crippen LogP contribution >= 0.6 is 11.3 Å². The van der Waals surface area contributed by atoms with Crippen molar-refractivity contribution in [3.8, 4) is 0 Å². The fraction of sp³-hybridized carbons (Fsp3) is 0.333. The quantitative estimate of drug-likeness (QED) is 0.654. The summed E-state index contributed by atoms with van der Waals surface area (Å²) in [6.45, 7) is 6.14. The van der Waals surface area contributed by atoms with Crippen LogP contribution in [0.15, 0.2) is 24.4 Å². The normalized spacial score (nSPS) is 12.0. The molecule has 0 spiro atoms. The number of ether oxygens (including phenoxy) is 1. The van der Waals surface area contributed by atoms with E-state index in [1.807, 2.05) is 26.1 Å². The first kappa shape index (κ1) is 15.3. The first-order valence-corrected chi connectivity index (χ1v) is 7.58. The minimum Gasteiger partial charge on any atom is -0.462 e. The van der Waals surface area contributed by atoms with Gasteiger partial charge in [0.15, 0.2) is 0 Å². The van der Waals surface area contributed by atoms with Gasteiger partial charge in [-0.05, 0) is 39.0 Å². The van der Waals surface area contributed by atoms with E-state index >= 15 is 0 Å². The van der Waals surface area contributed by atoms with Gasteiger partial charge in [-0.1, -0.05) is 0 Å². The molecule has 1 unspecified atom stereocenters. The highest BCUT2D eigenvalue weighted by atomic mass is 32.1. The van der Waals surface area contributed by atoms with E-state index in [2.05, 4.69) is 10.3 Å². The number of rotatable bonds is 5. The molecular weight excluding hydrogens is 286 g/mol. The van der Waals surface area contributed by atoms with E-state index in [9.17, 15) is 4.79 Å². The molecule has 1 heterocycles. The number of aryl methyl sites for hydroxylation is 1. The van der Waals surface area contributed by atoms with Crippen LogP contribution in [0.4, 0.5) is 11.4 Å². The van der Waals surface area contributed by atoms with Gasteiger partial charge in [0.2, 0.25) is 0 Å². The average molecular weight is 305 g/mol. The monoisotopic (exact) mass is 305 g/mol. The Balaban J connectivity index is 2.17. The maximum Gasteiger partial charge on any atom is 0.340 e. The second-order valence-corrected chi connectivity index (χ2v) is 5.96. The summed E-state index contributed by atoms with van der Waals surface area (Å²) in [4.78, 5) is 17.4. The fourth-order valence-electron chi connectivity index (χ4n) is 1.92. The molecule has 5 nitrogen and oxygen atoms in total. The van der Waals surface area contributed by atoms with Crippen LogP contribution in [0.2, 0.25) is 0 Å². The van der Waals surface area contributed by atoms with Crippen LogP contribution in [0, 0.1) is 6.92 Å². The predicted molar refractivity (Wildman–Crippen MR) is 85.7 cm³/mol. The number of nitrogen functional groups attached to an aromatic ring is 1. The number of carbonyl (C=O) groups excluding carboxylic acids is 1. The number of nitrogens with two attached hydrogens (primary N) is 1. The number of nitrogens with one attached hydrogen (secondary N) is 1. The molecule has 0 bridgehead atoms. The summed E-state index contributed by atoms with van der Waals surface area (Å²) in [5.74, 6) is -0.406. The topological polar surface area (TPSA) is 77.2 Å². The molecule has 1 atom stereocenters. The van der Waals surface area contributed by atoms with Crippen molar-refractivity contribution >= 4 is 28.7 Å². The lowest BCUT2D eigenvalue weighted by atomic mass is 10.1. The van der Waals surface area contributed by atoms with Gasteiger partial charge in [0.25, 0.3) is 0 Å². The Hall–Kier alpha value is -2.08. The third kappa shape index (κ3) is 3.72. The van der Waals surface area contributed by atoms with E-state index < -0.39 is 5.97 Å². The van der Waals surface area contributed by atoms with Crippen LogP contribution in [-0.2, 0) is 4.74 Å². The molecule has 0 aliphatic carbocycles. The lowest BCUT2D eigenvalue weighted by molar-refractivity contribution is 0.0527. The molecule has 1 aromatic heterocycles. The number of anilines is 2. The maximum atomic E-state index is 11.8. The van der Waals surface area contributed by atoms with Crippen molar-refractivity contribution in [3.63, 3.8) is 0 Å². The zero-order valence-electron chi connectivity index (χ0n) is 12.3. The third-order valence-electron chi connectivity index (χ3n) is 2.94. The molecule has 1 aromatic carbocycles. The summed E-state index contributed by atoms with van der Waals surface area (Å²) in [6.07, 6.45) is 1.85. The Labute approximate surface area is 128 Å². The highest BCUT2D eigenvalue weighted by molar-refractivity contribution is 7.11. The fourth-order valence-corrected chi connectivity index (χ4v) is 2.69. The van der Waals surface area contributed by atoms with Gasteiger partial charge in [0.05, 0.1) is 18.2 Å². The van der Waals surface area contributed by atoms with Crippen molar-refractivity contribution < 1.29 is 9.53 Å². The summed E-state index contributed by atoms with van der Waals surface area (Å²) in [6, 6.07) is 5.32. The first-order valence-electron chi connectivity index (χ1n) is 6.76. The number of benzene rings is 1. The molecular formula is C15H19N3O2S. The van der Waals surface area contributed by atoms with Crippen molar-refractivity contribution in [1.29, 1.82) is 0 Å². The van der Waals surface area contributed by atoms with Crippen LogP contribution in [0.25, 0.3) is 0 Å². The van der Waals surface area contributed by atoms with E-state index in [4.69, 9.17) is 10.5 Å². The van der Waals surface area contributed by atoms with Gasteiger partial charge in [0.1, 0.15) is 5.01 Å². The predicted octanol–water partition coefficient (Wildman–Crippen LogP) is 3.38. The molecule has 112 valence electrons. The molecule has 0 amide bonds. The van der Waals surface area contributed by atoms with Crippen molar-refractivity contribution in [3.05, 3.63) is 39.8 Å². The van der Waals surface area contributed by atoms with Crippen LogP contribution in [0.3, 0.4) is 0 Å². The smallest absolute Gasteiger partial charge is 0.340 e. The number of carbonyl (C=O) groups is 1. The number of esters is 1. The highest BCUT2D eigenvalue weighted by Gasteiger charge is 2.14. The Morgan fingerprint density at radius 3 is 2.90 bits per heavy atom. The summed E-state index contributed by atoms with van der Waals surface area (Å²) in [5, 5.41) is 4.32. The Kier molecular flexibility index (Phi) is 4.80. The van der Waals surface area contributed by atoms with E-state index in [0.717, 1.165) is 10.7 Å². The molecule has 2 rings (SSSR count). The zero-order chi connectivity index (χ0) is 15.4. The number of thiazole rings is 1. The molecule has 2 aromatic rings. The number of nitrogens with zero attached hydrogens (tertiary/aromatic N) is 1. The van der Waals surface area contributed by atoms with Gasteiger partial charge in [-0.25, -0.2) is 9.78 Å².